The van der Waals surface area contributed by atoms with Gasteiger partial charge in [0.15, 0.2) is 0 Å². The molecule has 2 aromatic carbocycles. The number of hydrogen-bond acceptors (Lipinski definition) is 3. The molecular formula is C15H10FN3. The molecule has 4 heteroatoms. The Balaban J connectivity index is 2.16. The number of nitrogens with zero attached hydrogens (tertiary/aromatic N) is 2. The summed E-state index contributed by atoms with van der Waals surface area (Å²) in [6, 6.07) is 15.3. The predicted octanol–water partition coefficient (Wildman–Crippen LogP) is 3.18. The lowest BCUT2D eigenvalue weighted by Crippen LogP contribution is -2.03. The molecule has 0 radical (unpaired) electrons. The average Bonchev–Trinajstić information content (AvgIpc) is 2.46. The molecule has 0 amide bonds. The first-order chi connectivity index (χ1) is 9.24. The van der Waals surface area contributed by atoms with Crippen molar-refractivity contribution in [3.63, 3.8) is 0 Å². The van der Waals surface area contributed by atoms with Crippen molar-refractivity contribution >= 4 is 5.69 Å². The Labute approximate surface area is 110 Å². The Bertz CT molecular complexity index is 681. The Morgan fingerprint density at radius 1 is 1.05 bits per heavy atom. The maximum Gasteiger partial charge on any atom is 0.147 e. The summed E-state index contributed by atoms with van der Waals surface area (Å²) in [4.78, 5) is 0. The van der Waals surface area contributed by atoms with Crippen LogP contribution >= 0.6 is 0 Å². The van der Waals surface area contributed by atoms with Crippen LogP contribution in [0.4, 0.5) is 10.1 Å². The number of nitrogens with one attached hydrogen (secondary N) is 1. The maximum atomic E-state index is 13.6. The van der Waals surface area contributed by atoms with Crippen LogP contribution in [0.15, 0.2) is 42.5 Å². The van der Waals surface area contributed by atoms with Crippen molar-refractivity contribution < 1.29 is 4.39 Å². The maximum absolute atomic E-state index is 13.6. The fourth-order valence-electron chi connectivity index (χ4n) is 1.70. The number of hydrogen-bond donors (Lipinski definition) is 1. The smallest absolute Gasteiger partial charge is 0.147 e. The topological polar surface area (TPSA) is 59.6 Å². The van der Waals surface area contributed by atoms with E-state index in [2.05, 4.69) is 11.4 Å². The molecule has 1 N–H and O–H groups in total. The summed E-state index contributed by atoms with van der Waals surface area (Å²) in [6.45, 7) is 0.354. The van der Waals surface area contributed by atoms with E-state index >= 15 is 0 Å². The molecule has 0 atom stereocenters. The summed E-state index contributed by atoms with van der Waals surface area (Å²) < 4.78 is 13.6. The molecular weight excluding hydrogens is 241 g/mol. The molecule has 0 aliphatic carbocycles. The third kappa shape index (κ3) is 2.88. The SMILES string of the molecule is N#Cc1ccc(NCc2ccccc2C#N)c(F)c1. The lowest BCUT2D eigenvalue weighted by atomic mass is 10.1. The van der Waals surface area contributed by atoms with Crippen molar-refractivity contribution in [2.24, 2.45) is 0 Å². The Kier molecular flexibility index (Phi) is 3.75. The molecule has 19 heavy (non-hydrogen) atoms. The second-order valence-corrected chi connectivity index (χ2v) is 3.93. The molecule has 3 nitrogen and oxygen atoms in total. The molecule has 0 unspecified atom stereocenters. The first-order valence-electron chi connectivity index (χ1n) is 5.66. The zero-order valence-corrected chi connectivity index (χ0v) is 10.0. The minimum Gasteiger partial charge on any atom is -0.379 e. The van der Waals surface area contributed by atoms with E-state index in [1.165, 1.54) is 12.1 Å². The van der Waals surface area contributed by atoms with Gasteiger partial charge in [-0.3, -0.25) is 0 Å². The van der Waals surface area contributed by atoms with Crippen LogP contribution in [0.3, 0.4) is 0 Å². The molecule has 0 aromatic heterocycles. The van der Waals surface area contributed by atoms with Gasteiger partial charge in [-0.15, -0.1) is 0 Å². The number of halogens is 1. The van der Waals surface area contributed by atoms with Crippen LogP contribution in [0.25, 0.3) is 0 Å². The van der Waals surface area contributed by atoms with Crippen molar-refractivity contribution in [2.75, 3.05) is 5.32 Å². The highest BCUT2D eigenvalue weighted by atomic mass is 19.1. The van der Waals surface area contributed by atoms with Gasteiger partial charge in [0, 0.05) is 6.54 Å². The fourth-order valence-corrected chi connectivity index (χ4v) is 1.70. The minimum atomic E-state index is -0.478. The highest BCUT2D eigenvalue weighted by molar-refractivity contribution is 5.50. The monoisotopic (exact) mass is 251 g/mol. The zero-order valence-electron chi connectivity index (χ0n) is 10.0. The van der Waals surface area contributed by atoms with E-state index in [0.717, 1.165) is 5.56 Å². The summed E-state index contributed by atoms with van der Waals surface area (Å²) in [6.07, 6.45) is 0. The number of benzene rings is 2. The van der Waals surface area contributed by atoms with Crippen molar-refractivity contribution in [3.8, 4) is 12.1 Å². The van der Waals surface area contributed by atoms with Gasteiger partial charge in [-0.1, -0.05) is 18.2 Å². The quantitative estimate of drug-likeness (QED) is 0.911. The van der Waals surface area contributed by atoms with Crippen LogP contribution in [0, 0.1) is 28.5 Å². The zero-order chi connectivity index (χ0) is 13.7. The average molecular weight is 251 g/mol. The van der Waals surface area contributed by atoms with Gasteiger partial charge in [0.1, 0.15) is 5.82 Å². The lowest BCUT2D eigenvalue weighted by molar-refractivity contribution is 0.629. The van der Waals surface area contributed by atoms with Crippen LogP contribution in [0.5, 0.6) is 0 Å². The highest BCUT2D eigenvalue weighted by Crippen LogP contribution is 2.17. The predicted molar refractivity (Wildman–Crippen MR) is 69.6 cm³/mol. The van der Waals surface area contributed by atoms with E-state index in [0.29, 0.717) is 17.8 Å². The van der Waals surface area contributed by atoms with Gasteiger partial charge in [0.05, 0.1) is 29.0 Å². The van der Waals surface area contributed by atoms with Crippen molar-refractivity contribution in [1.29, 1.82) is 10.5 Å². The number of nitriles is 2. The molecule has 0 saturated carbocycles. The number of anilines is 1. The Morgan fingerprint density at radius 3 is 2.53 bits per heavy atom. The lowest BCUT2D eigenvalue weighted by Gasteiger charge is -2.08. The second-order valence-electron chi connectivity index (χ2n) is 3.93. The van der Waals surface area contributed by atoms with E-state index in [1.807, 2.05) is 18.2 Å². The largest absolute Gasteiger partial charge is 0.379 e. The van der Waals surface area contributed by atoms with Gasteiger partial charge in [-0.05, 0) is 29.8 Å². The molecule has 0 aliphatic rings. The van der Waals surface area contributed by atoms with Crippen LogP contribution in [-0.4, -0.2) is 0 Å². The number of rotatable bonds is 3. The Hall–Kier alpha value is -2.85. The van der Waals surface area contributed by atoms with Crippen LogP contribution in [0.1, 0.15) is 16.7 Å². The van der Waals surface area contributed by atoms with Gasteiger partial charge in [0.2, 0.25) is 0 Å². The van der Waals surface area contributed by atoms with E-state index in [9.17, 15) is 4.39 Å². The molecule has 2 aromatic rings. The van der Waals surface area contributed by atoms with E-state index in [4.69, 9.17) is 10.5 Å². The molecule has 0 saturated heterocycles. The fraction of sp³-hybridized carbons (Fsp3) is 0.0667. The van der Waals surface area contributed by atoms with Crippen LogP contribution in [0.2, 0.25) is 0 Å². The van der Waals surface area contributed by atoms with E-state index < -0.39 is 5.82 Å². The normalized spacial score (nSPS) is 9.42. The third-order valence-electron chi connectivity index (χ3n) is 2.71. The summed E-state index contributed by atoms with van der Waals surface area (Å²) in [5.41, 5.74) is 1.95. The van der Waals surface area contributed by atoms with Crippen molar-refractivity contribution in [3.05, 3.63) is 65.0 Å². The molecule has 0 heterocycles. The first kappa shape index (κ1) is 12.6. The van der Waals surface area contributed by atoms with Crippen molar-refractivity contribution in [1.82, 2.24) is 0 Å². The molecule has 2 rings (SSSR count). The van der Waals surface area contributed by atoms with Crippen LogP contribution in [-0.2, 0) is 6.54 Å². The van der Waals surface area contributed by atoms with Crippen LogP contribution < -0.4 is 5.32 Å². The van der Waals surface area contributed by atoms with E-state index in [1.54, 1.807) is 18.2 Å². The second kappa shape index (κ2) is 5.66. The van der Waals surface area contributed by atoms with Gasteiger partial charge in [-0.2, -0.15) is 10.5 Å². The molecule has 0 fully saturated rings. The minimum absolute atomic E-state index is 0.278. The standard InChI is InChI=1S/C15H10FN3/c16-14-7-11(8-17)5-6-15(14)19-10-13-4-2-1-3-12(13)9-18/h1-7,19H,10H2. The van der Waals surface area contributed by atoms with Gasteiger partial charge in [-0.25, -0.2) is 4.39 Å². The third-order valence-corrected chi connectivity index (χ3v) is 2.71. The molecule has 0 bridgehead atoms. The molecule has 0 spiro atoms. The van der Waals surface area contributed by atoms with Crippen molar-refractivity contribution in [2.45, 2.75) is 6.54 Å². The van der Waals surface area contributed by atoms with Gasteiger partial charge in [0.25, 0.3) is 0 Å². The van der Waals surface area contributed by atoms with E-state index in [-0.39, 0.29) is 5.56 Å². The molecule has 92 valence electrons. The van der Waals surface area contributed by atoms with Gasteiger partial charge < -0.3 is 5.32 Å². The summed E-state index contributed by atoms with van der Waals surface area (Å²) in [7, 11) is 0. The van der Waals surface area contributed by atoms with Gasteiger partial charge >= 0.3 is 0 Å². The summed E-state index contributed by atoms with van der Waals surface area (Å²) >= 11 is 0. The summed E-state index contributed by atoms with van der Waals surface area (Å²) in [5.74, 6) is -0.478. The summed E-state index contributed by atoms with van der Waals surface area (Å²) in [5, 5.41) is 20.5. The first-order valence-corrected chi connectivity index (χ1v) is 5.66. The highest BCUT2D eigenvalue weighted by Gasteiger charge is 2.05. The Morgan fingerprint density at radius 2 is 1.84 bits per heavy atom. The molecule has 0 aliphatic heterocycles.